The Hall–Kier alpha value is -6.57. The zero-order chi connectivity index (χ0) is 49.5. The second-order valence-corrected chi connectivity index (χ2v) is 18.8. The van der Waals surface area contributed by atoms with Crippen molar-refractivity contribution in [1.29, 1.82) is 0 Å². The maximum absolute atomic E-state index is 13.4. The lowest BCUT2D eigenvalue weighted by atomic mass is 9.91. The van der Waals surface area contributed by atoms with E-state index in [4.69, 9.17) is 14.5 Å². The van der Waals surface area contributed by atoms with Gasteiger partial charge in [-0.05, 0) is 86.4 Å². The van der Waals surface area contributed by atoms with Crippen LogP contribution in [0.5, 0.6) is 0 Å². The van der Waals surface area contributed by atoms with Crippen molar-refractivity contribution in [2.45, 2.75) is 76.3 Å². The highest BCUT2D eigenvalue weighted by Gasteiger charge is 2.45. The second kappa shape index (κ2) is 25.0. The van der Waals surface area contributed by atoms with Gasteiger partial charge in [0.05, 0.1) is 49.5 Å². The van der Waals surface area contributed by atoms with E-state index in [0.717, 1.165) is 100 Å². The van der Waals surface area contributed by atoms with E-state index in [0.29, 0.717) is 82.2 Å². The highest BCUT2D eigenvalue weighted by molar-refractivity contribution is 6.25. The van der Waals surface area contributed by atoms with Crippen LogP contribution in [0.3, 0.4) is 0 Å². The first kappa shape index (κ1) is 50.8. The largest absolute Gasteiger partial charge is 0.382 e. The number of anilines is 2. The standard InChI is InChI=1S/C52H66N10O9/c63-45(13-9-38-6-4-20-53-35-38)55-21-2-1-5-37-15-23-61(24-16-37)50(67)39-10-12-44(56-36-39)59-25-17-40(18-26-59)58-27-29-60(30-28-58)47(65)19-31-70-33-34-71-32-22-54-42-8-3-7-41-48(42)52(69)62(51(41)68)43-11-14-46(64)57-49(43)66/h3-4,6-10,12-13,20,35-37,40,43,54H,1-2,5,11,14-19,21-34H2,(H,55,63)(H,57,64,66)/b13-9+. The zero-order valence-electron chi connectivity index (χ0n) is 40.4. The quantitative estimate of drug-likeness (QED) is 0.0793. The first-order chi connectivity index (χ1) is 34.6. The summed E-state index contributed by atoms with van der Waals surface area (Å²) in [6.07, 6.45) is 16.0. The summed E-state index contributed by atoms with van der Waals surface area (Å²) in [5.41, 5.74) is 2.39. The molecule has 7 amide bonds. The number of nitrogens with zero attached hydrogens (tertiary/aromatic N) is 7. The first-order valence-corrected chi connectivity index (χ1v) is 25.2. The number of hydrogen-bond acceptors (Lipinski definition) is 14. The Balaban J connectivity index is 0.639. The van der Waals surface area contributed by atoms with Crippen molar-refractivity contribution in [2.75, 3.05) is 102 Å². The molecule has 19 nitrogen and oxygen atoms in total. The number of ether oxygens (including phenoxy) is 2. The molecular formula is C52H66N10O9. The van der Waals surface area contributed by atoms with Crippen LogP contribution in [-0.4, -0.2) is 175 Å². The molecule has 4 fully saturated rings. The molecule has 71 heavy (non-hydrogen) atoms. The van der Waals surface area contributed by atoms with Crippen LogP contribution in [0.2, 0.25) is 0 Å². The summed E-state index contributed by atoms with van der Waals surface area (Å²) >= 11 is 0. The van der Waals surface area contributed by atoms with Gasteiger partial charge >= 0.3 is 0 Å². The number of likely N-dealkylation sites (tertiary alicyclic amines) is 1. The third-order valence-electron chi connectivity index (χ3n) is 14.2. The molecule has 378 valence electrons. The molecule has 3 N–H and O–H groups in total. The minimum atomic E-state index is -1.03. The Bertz CT molecular complexity index is 2380. The van der Waals surface area contributed by atoms with Gasteiger partial charge in [0.1, 0.15) is 11.9 Å². The van der Waals surface area contributed by atoms with Crippen molar-refractivity contribution in [2.24, 2.45) is 5.92 Å². The summed E-state index contributed by atoms with van der Waals surface area (Å²) in [4.78, 5) is 107. The third kappa shape index (κ3) is 13.4. The highest BCUT2D eigenvalue weighted by Crippen LogP contribution is 2.32. The molecule has 5 aliphatic heterocycles. The maximum Gasteiger partial charge on any atom is 0.264 e. The molecule has 3 aromatic rings. The molecule has 0 aliphatic carbocycles. The van der Waals surface area contributed by atoms with Gasteiger partial charge in [-0.2, -0.15) is 0 Å². The lowest BCUT2D eigenvalue weighted by molar-refractivity contribution is -0.136. The van der Waals surface area contributed by atoms with Crippen molar-refractivity contribution in [1.82, 2.24) is 40.2 Å². The van der Waals surface area contributed by atoms with E-state index in [-0.39, 0.29) is 41.7 Å². The van der Waals surface area contributed by atoms with Gasteiger partial charge in [-0.25, -0.2) is 4.98 Å². The number of imide groups is 2. The molecule has 8 rings (SSSR count). The number of carbonyl (C=O) groups excluding carboxylic acids is 7. The molecule has 0 bridgehead atoms. The summed E-state index contributed by atoms with van der Waals surface area (Å²) in [5.74, 6) is -0.690. The minimum Gasteiger partial charge on any atom is -0.382 e. The van der Waals surface area contributed by atoms with Crippen molar-refractivity contribution < 1.29 is 43.0 Å². The highest BCUT2D eigenvalue weighted by atomic mass is 16.5. The van der Waals surface area contributed by atoms with Gasteiger partial charge in [0.15, 0.2) is 0 Å². The number of piperidine rings is 3. The number of rotatable bonds is 21. The van der Waals surface area contributed by atoms with Gasteiger partial charge in [-0.15, -0.1) is 0 Å². The molecule has 1 atom stereocenters. The van der Waals surface area contributed by atoms with Crippen molar-refractivity contribution in [3.63, 3.8) is 0 Å². The van der Waals surface area contributed by atoms with Crippen molar-refractivity contribution in [3.8, 4) is 0 Å². The predicted octanol–water partition coefficient (Wildman–Crippen LogP) is 3.38. The number of unbranched alkanes of at least 4 members (excludes halogenated alkanes) is 1. The Morgan fingerprint density at radius 3 is 2.28 bits per heavy atom. The fourth-order valence-electron chi connectivity index (χ4n) is 10.1. The van der Waals surface area contributed by atoms with Gasteiger partial charge in [-0.1, -0.05) is 25.0 Å². The summed E-state index contributed by atoms with van der Waals surface area (Å²) in [7, 11) is 0. The van der Waals surface area contributed by atoms with Crippen LogP contribution >= 0.6 is 0 Å². The van der Waals surface area contributed by atoms with E-state index in [1.807, 2.05) is 34.1 Å². The number of carbonyl (C=O) groups is 7. The molecule has 0 saturated carbocycles. The average Bonchev–Trinajstić information content (AvgIpc) is 3.66. The third-order valence-corrected chi connectivity index (χ3v) is 14.2. The number of fused-ring (bicyclic) bond motifs is 1. The molecule has 5 aliphatic rings. The lowest BCUT2D eigenvalue weighted by Gasteiger charge is -2.43. The Labute approximate surface area is 414 Å². The smallest absolute Gasteiger partial charge is 0.264 e. The number of hydrogen-bond donors (Lipinski definition) is 3. The van der Waals surface area contributed by atoms with E-state index in [1.54, 1.807) is 48.9 Å². The van der Waals surface area contributed by atoms with Crippen LogP contribution in [0.25, 0.3) is 6.08 Å². The molecule has 0 radical (unpaired) electrons. The molecule has 19 heteroatoms. The maximum atomic E-state index is 13.4. The van der Waals surface area contributed by atoms with E-state index in [1.165, 1.54) is 0 Å². The number of benzene rings is 1. The number of aromatic nitrogens is 2. The van der Waals surface area contributed by atoms with Crippen LogP contribution in [0.1, 0.15) is 101 Å². The van der Waals surface area contributed by atoms with Crippen LogP contribution in [0, 0.1) is 5.92 Å². The zero-order valence-corrected chi connectivity index (χ0v) is 40.4. The molecule has 7 heterocycles. The van der Waals surface area contributed by atoms with Gasteiger partial charge < -0.3 is 34.8 Å². The first-order valence-electron chi connectivity index (χ1n) is 25.2. The molecule has 1 aromatic carbocycles. The van der Waals surface area contributed by atoms with Crippen molar-refractivity contribution >= 4 is 58.9 Å². The number of pyridine rings is 2. The number of amides is 7. The van der Waals surface area contributed by atoms with Crippen LogP contribution in [-0.2, 0) is 28.7 Å². The summed E-state index contributed by atoms with van der Waals surface area (Å²) in [5, 5.41) is 8.32. The van der Waals surface area contributed by atoms with Gasteiger partial charge in [-0.3, -0.25) is 53.7 Å². The van der Waals surface area contributed by atoms with E-state index in [2.05, 4.69) is 30.7 Å². The minimum absolute atomic E-state index is 0.0416. The monoisotopic (exact) mass is 975 g/mol. The SMILES string of the molecule is O=C(/C=C/c1cccnc1)NCCCCC1CCN(C(=O)c2ccc(N3CCC(N4CCN(C(=O)CCOCCOCCNc5cccc6c5C(=O)N(C5CCC(=O)NC5=O)C6=O)CC4)CC3)nc2)CC1. The van der Waals surface area contributed by atoms with Crippen molar-refractivity contribution in [3.05, 3.63) is 89.4 Å². The predicted molar refractivity (Wildman–Crippen MR) is 264 cm³/mol. The van der Waals surface area contributed by atoms with Gasteiger partial charge in [0.2, 0.25) is 23.6 Å². The number of nitrogens with one attached hydrogen (secondary N) is 3. The van der Waals surface area contributed by atoms with Gasteiger partial charge in [0, 0.05) is 108 Å². The molecule has 0 spiro atoms. The summed E-state index contributed by atoms with van der Waals surface area (Å²) in [6.45, 7) is 8.60. The molecular weight excluding hydrogens is 909 g/mol. The fourth-order valence-corrected chi connectivity index (χ4v) is 10.1. The lowest BCUT2D eigenvalue weighted by Crippen LogP contribution is -2.54. The van der Waals surface area contributed by atoms with E-state index in [9.17, 15) is 33.6 Å². The fraction of sp³-hybridized carbons (Fsp3) is 0.519. The molecule has 2 aromatic heterocycles. The number of piperazine rings is 1. The van der Waals surface area contributed by atoms with Crippen LogP contribution in [0.15, 0.2) is 67.1 Å². The molecule has 1 unspecified atom stereocenters. The molecule has 4 saturated heterocycles. The topological polar surface area (TPSA) is 216 Å². The van der Waals surface area contributed by atoms with E-state index < -0.39 is 29.7 Å². The van der Waals surface area contributed by atoms with Crippen LogP contribution < -0.4 is 20.9 Å². The summed E-state index contributed by atoms with van der Waals surface area (Å²) < 4.78 is 11.4. The summed E-state index contributed by atoms with van der Waals surface area (Å²) in [6, 6.07) is 12.0. The van der Waals surface area contributed by atoms with Gasteiger partial charge in [0.25, 0.3) is 17.7 Å². The Kier molecular flexibility index (Phi) is 17.9. The average molecular weight is 975 g/mol. The normalized spacial score (nSPS) is 19.4. The Morgan fingerprint density at radius 2 is 1.55 bits per heavy atom. The second-order valence-electron chi connectivity index (χ2n) is 18.8. The van der Waals surface area contributed by atoms with Crippen LogP contribution in [0.4, 0.5) is 11.5 Å². The Morgan fingerprint density at radius 1 is 0.761 bits per heavy atom. The van der Waals surface area contributed by atoms with E-state index >= 15 is 0 Å².